The number of benzene rings is 2. The lowest BCUT2D eigenvalue weighted by Crippen LogP contribution is -1.94. The summed E-state index contributed by atoms with van der Waals surface area (Å²) in [6.07, 6.45) is 0. The van der Waals surface area contributed by atoms with E-state index in [9.17, 15) is 4.39 Å². The van der Waals surface area contributed by atoms with Crippen molar-refractivity contribution >= 4 is 23.0 Å². The predicted octanol–water partition coefficient (Wildman–Crippen LogP) is 4.09. The van der Waals surface area contributed by atoms with E-state index in [2.05, 4.69) is 11.4 Å². The van der Waals surface area contributed by atoms with Crippen LogP contribution in [-0.4, -0.2) is 0 Å². The second-order valence-corrected chi connectivity index (χ2v) is 3.81. The maximum Gasteiger partial charge on any atom is 0.124 e. The van der Waals surface area contributed by atoms with E-state index in [1.807, 2.05) is 0 Å². The lowest BCUT2D eigenvalue weighted by molar-refractivity contribution is 0.628. The lowest BCUT2D eigenvalue weighted by Gasteiger charge is -2.09. The van der Waals surface area contributed by atoms with Crippen LogP contribution < -0.4 is 5.32 Å². The fourth-order valence-corrected chi connectivity index (χ4v) is 1.64. The fourth-order valence-electron chi connectivity index (χ4n) is 1.43. The molecule has 0 fully saturated rings. The van der Waals surface area contributed by atoms with E-state index in [-0.39, 0.29) is 5.02 Å². The van der Waals surface area contributed by atoms with Gasteiger partial charge in [0, 0.05) is 0 Å². The van der Waals surface area contributed by atoms with Crippen molar-refractivity contribution in [2.45, 2.75) is 0 Å². The molecular formula is C13H8ClFN2. The lowest BCUT2D eigenvalue weighted by atomic mass is 10.2. The summed E-state index contributed by atoms with van der Waals surface area (Å²) < 4.78 is 12.9. The predicted molar refractivity (Wildman–Crippen MR) is 65.8 cm³/mol. The van der Waals surface area contributed by atoms with Gasteiger partial charge in [0.15, 0.2) is 0 Å². The fraction of sp³-hybridized carbons (Fsp3) is 0. The van der Waals surface area contributed by atoms with Crippen molar-refractivity contribution in [1.29, 1.82) is 5.26 Å². The summed E-state index contributed by atoms with van der Waals surface area (Å²) in [5, 5.41) is 12.2. The number of para-hydroxylation sites is 1. The molecule has 2 aromatic carbocycles. The van der Waals surface area contributed by atoms with Crippen LogP contribution in [0.1, 0.15) is 5.56 Å². The van der Waals surface area contributed by atoms with Gasteiger partial charge in [-0.3, -0.25) is 0 Å². The Balaban J connectivity index is 2.35. The third-order valence-electron chi connectivity index (χ3n) is 2.25. The Hall–Kier alpha value is -2.05. The Morgan fingerprint density at radius 1 is 1.12 bits per heavy atom. The first kappa shape index (κ1) is 11.4. The Labute approximate surface area is 103 Å². The average Bonchev–Trinajstić information content (AvgIpc) is 2.33. The maximum absolute atomic E-state index is 12.9. The molecule has 4 heteroatoms. The molecule has 1 N–H and O–H groups in total. The smallest absolute Gasteiger partial charge is 0.124 e. The number of nitrogens with zero attached hydrogens (tertiary/aromatic N) is 1. The highest BCUT2D eigenvalue weighted by atomic mass is 35.5. The van der Waals surface area contributed by atoms with Crippen molar-refractivity contribution in [1.82, 2.24) is 0 Å². The van der Waals surface area contributed by atoms with E-state index in [1.165, 1.54) is 18.2 Å². The molecule has 0 spiro atoms. The number of hydrogen-bond donors (Lipinski definition) is 1. The summed E-state index contributed by atoms with van der Waals surface area (Å²) in [6.45, 7) is 0. The second-order valence-electron chi connectivity index (χ2n) is 3.41. The highest BCUT2D eigenvalue weighted by molar-refractivity contribution is 6.33. The molecule has 0 aliphatic carbocycles. The minimum Gasteiger partial charge on any atom is -0.353 e. The van der Waals surface area contributed by atoms with Crippen LogP contribution in [0.5, 0.6) is 0 Å². The first-order chi connectivity index (χ1) is 8.20. The average molecular weight is 247 g/mol. The van der Waals surface area contributed by atoms with E-state index >= 15 is 0 Å². The molecule has 0 aromatic heterocycles. The van der Waals surface area contributed by atoms with Crippen LogP contribution >= 0.6 is 11.6 Å². The van der Waals surface area contributed by atoms with E-state index in [1.54, 1.807) is 24.3 Å². The van der Waals surface area contributed by atoms with Gasteiger partial charge < -0.3 is 5.32 Å². The topological polar surface area (TPSA) is 35.8 Å². The summed E-state index contributed by atoms with van der Waals surface area (Å²) in [5.41, 5.74) is 1.71. The zero-order valence-corrected chi connectivity index (χ0v) is 9.50. The quantitative estimate of drug-likeness (QED) is 0.866. The molecule has 2 aromatic rings. The zero-order valence-electron chi connectivity index (χ0n) is 8.74. The standard InChI is InChI=1S/C13H8ClFN2/c14-11-7-10(15)5-6-13(11)17-12-4-2-1-3-9(12)8-16/h1-7,17H. The second kappa shape index (κ2) is 4.86. The van der Waals surface area contributed by atoms with Gasteiger partial charge in [0.1, 0.15) is 11.9 Å². The van der Waals surface area contributed by atoms with Crippen molar-refractivity contribution in [3.8, 4) is 6.07 Å². The number of rotatable bonds is 2. The molecule has 0 heterocycles. The molecule has 0 atom stereocenters. The number of hydrogen-bond acceptors (Lipinski definition) is 2. The van der Waals surface area contributed by atoms with Crippen molar-refractivity contribution in [2.75, 3.05) is 5.32 Å². The first-order valence-electron chi connectivity index (χ1n) is 4.92. The van der Waals surface area contributed by atoms with Crippen molar-refractivity contribution in [3.05, 3.63) is 58.9 Å². The molecule has 2 rings (SSSR count). The largest absolute Gasteiger partial charge is 0.353 e. The Morgan fingerprint density at radius 3 is 2.59 bits per heavy atom. The summed E-state index contributed by atoms with van der Waals surface area (Å²) in [7, 11) is 0. The van der Waals surface area contributed by atoms with Crippen LogP contribution in [0.15, 0.2) is 42.5 Å². The van der Waals surface area contributed by atoms with Gasteiger partial charge >= 0.3 is 0 Å². The van der Waals surface area contributed by atoms with E-state index < -0.39 is 5.82 Å². The van der Waals surface area contributed by atoms with Crippen LogP contribution in [0.25, 0.3) is 0 Å². The highest BCUT2D eigenvalue weighted by Crippen LogP contribution is 2.27. The SMILES string of the molecule is N#Cc1ccccc1Nc1ccc(F)cc1Cl. The number of nitriles is 1. The van der Waals surface area contributed by atoms with E-state index in [0.717, 1.165) is 0 Å². The summed E-state index contributed by atoms with van der Waals surface area (Å²) in [6, 6.07) is 13.2. The zero-order chi connectivity index (χ0) is 12.3. The minimum absolute atomic E-state index is 0.276. The van der Waals surface area contributed by atoms with Gasteiger partial charge in [-0.1, -0.05) is 23.7 Å². The molecule has 0 saturated heterocycles. The normalized spacial score (nSPS) is 9.71. The molecule has 0 unspecified atom stereocenters. The van der Waals surface area contributed by atoms with Gasteiger partial charge in [-0.15, -0.1) is 0 Å². The highest BCUT2D eigenvalue weighted by Gasteiger charge is 2.05. The molecule has 0 aliphatic rings. The molecule has 17 heavy (non-hydrogen) atoms. The van der Waals surface area contributed by atoms with Gasteiger partial charge in [0.05, 0.1) is 22.0 Å². The minimum atomic E-state index is -0.394. The van der Waals surface area contributed by atoms with Gasteiger partial charge in [-0.05, 0) is 30.3 Å². The van der Waals surface area contributed by atoms with Crippen LogP contribution in [0.4, 0.5) is 15.8 Å². The molecule has 0 bridgehead atoms. The van der Waals surface area contributed by atoms with Gasteiger partial charge in [0.2, 0.25) is 0 Å². The molecule has 0 radical (unpaired) electrons. The Morgan fingerprint density at radius 2 is 1.88 bits per heavy atom. The Bertz CT molecular complexity index is 590. The maximum atomic E-state index is 12.9. The van der Waals surface area contributed by atoms with Gasteiger partial charge in [-0.2, -0.15) is 5.26 Å². The molecule has 0 amide bonds. The number of anilines is 2. The monoisotopic (exact) mass is 246 g/mol. The van der Waals surface area contributed by atoms with Gasteiger partial charge in [-0.25, -0.2) is 4.39 Å². The molecular weight excluding hydrogens is 239 g/mol. The van der Waals surface area contributed by atoms with Gasteiger partial charge in [0.25, 0.3) is 0 Å². The van der Waals surface area contributed by atoms with Crippen molar-refractivity contribution in [3.63, 3.8) is 0 Å². The summed E-state index contributed by atoms with van der Waals surface area (Å²) in [4.78, 5) is 0. The third-order valence-corrected chi connectivity index (χ3v) is 2.56. The summed E-state index contributed by atoms with van der Waals surface area (Å²) >= 11 is 5.89. The molecule has 2 nitrogen and oxygen atoms in total. The van der Waals surface area contributed by atoms with Crippen LogP contribution in [0.2, 0.25) is 5.02 Å². The molecule has 0 aliphatic heterocycles. The number of nitrogens with one attached hydrogen (secondary N) is 1. The third kappa shape index (κ3) is 2.55. The van der Waals surface area contributed by atoms with E-state index in [0.29, 0.717) is 16.9 Å². The van der Waals surface area contributed by atoms with E-state index in [4.69, 9.17) is 16.9 Å². The molecule has 84 valence electrons. The Kier molecular flexibility index (Phi) is 3.27. The molecule has 0 saturated carbocycles. The van der Waals surface area contributed by atoms with Crippen LogP contribution in [0.3, 0.4) is 0 Å². The number of halogens is 2. The first-order valence-corrected chi connectivity index (χ1v) is 5.29. The van der Waals surface area contributed by atoms with Crippen molar-refractivity contribution < 1.29 is 4.39 Å². The van der Waals surface area contributed by atoms with Crippen molar-refractivity contribution in [2.24, 2.45) is 0 Å². The summed E-state index contributed by atoms with van der Waals surface area (Å²) in [5.74, 6) is -0.394. The van der Waals surface area contributed by atoms with Crippen LogP contribution in [0, 0.1) is 17.1 Å². The van der Waals surface area contributed by atoms with Crippen LogP contribution in [-0.2, 0) is 0 Å².